The van der Waals surface area contributed by atoms with E-state index < -0.39 is 0 Å². The van der Waals surface area contributed by atoms with Gasteiger partial charge in [-0.1, -0.05) is 120 Å². The van der Waals surface area contributed by atoms with Crippen LogP contribution in [0.4, 0.5) is 0 Å². The largest absolute Gasteiger partial charge is 0.461 e. The minimum Gasteiger partial charge on any atom is -0.461 e. The van der Waals surface area contributed by atoms with E-state index in [1.165, 1.54) is 56.9 Å². The average molecular weight is 626 g/mol. The zero-order valence-corrected chi connectivity index (χ0v) is 28.9. The van der Waals surface area contributed by atoms with E-state index in [9.17, 15) is 14.4 Å². The fourth-order valence-corrected chi connectivity index (χ4v) is 5.17. The molecular weight excluding hydrogens is 562 g/mol. The van der Waals surface area contributed by atoms with E-state index in [0.29, 0.717) is 32.6 Å². The first kappa shape index (κ1) is 40.1. The molecule has 0 bridgehead atoms. The minimum atomic E-state index is -0.152. The molecule has 0 saturated heterocycles. The Morgan fingerprint density at radius 2 is 1.18 bits per heavy atom. The topological polar surface area (TPSA) is 72.9 Å². The van der Waals surface area contributed by atoms with Crippen LogP contribution in [0.1, 0.15) is 147 Å². The molecular formula is C39H63NO5. The number of nitrogens with zero attached hydrogens (tertiary/aromatic N) is 1. The number of esters is 2. The monoisotopic (exact) mass is 625 g/mol. The number of benzene rings is 1. The first-order valence-corrected chi connectivity index (χ1v) is 17.9. The third kappa shape index (κ3) is 24.1. The van der Waals surface area contributed by atoms with Gasteiger partial charge in [0, 0.05) is 32.9 Å². The number of amides is 1. The van der Waals surface area contributed by atoms with E-state index in [0.717, 1.165) is 69.9 Å². The Bertz CT molecular complexity index is 970. The molecule has 254 valence electrons. The second kappa shape index (κ2) is 28.6. The maximum Gasteiger partial charge on any atom is 0.306 e. The minimum absolute atomic E-state index is 0.0795. The number of unbranched alkanes of at least 4 members (excludes halogenated alkanes) is 12. The predicted molar refractivity (Wildman–Crippen MR) is 186 cm³/mol. The van der Waals surface area contributed by atoms with Crippen LogP contribution in [0.3, 0.4) is 0 Å². The maximum atomic E-state index is 12.3. The van der Waals surface area contributed by atoms with Gasteiger partial charge in [0.2, 0.25) is 5.91 Å². The van der Waals surface area contributed by atoms with Gasteiger partial charge in [0.1, 0.15) is 13.2 Å². The quantitative estimate of drug-likeness (QED) is 0.0526. The van der Waals surface area contributed by atoms with E-state index in [2.05, 4.69) is 44.2 Å². The fraction of sp³-hybridized carbons (Fsp3) is 0.667. The van der Waals surface area contributed by atoms with Crippen molar-refractivity contribution >= 4 is 17.8 Å². The van der Waals surface area contributed by atoms with Crippen LogP contribution in [0.2, 0.25) is 0 Å². The van der Waals surface area contributed by atoms with Crippen LogP contribution < -0.4 is 0 Å². The molecule has 0 fully saturated rings. The molecule has 0 atom stereocenters. The van der Waals surface area contributed by atoms with Gasteiger partial charge in [0.25, 0.3) is 0 Å². The molecule has 0 aliphatic rings. The Morgan fingerprint density at radius 1 is 0.644 bits per heavy atom. The molecule has 0 saturated carbocycles. The number of allylic oxidation sites excluding steroid dienone is 2. The summed E-state index contributed by atoms with van der Waals surface area (Å²) in [5.74, 6) is -0.191. The maximum absolute atomic E-state index is 12.3. The number of carbonyl (C=O) groups is 3. The van der Waals surface area contributed by atoms with Gasteiger partial charge in [-0.15, -0.1) is 0 Å². The highest BCUT2D eigenvalue weighted by molar-refractivity contribution is 5.73. The molecule has 0 aliphatic carbocycles. The normalized spacial score (nSPS) is 11.4. The van der Waals surface area contributed by atoms with Crippen molar-refractivity contribution < 1.29 is 23.9 Å². The Kier molecular flexibility index (Phi) is 25.5. The van der Waals surface area contributed by atoms with E-state index in [1.807, 2.05) is 23.1 Å². The Balaban J connectivity index is 2.19. The summed E-state index contributed by atoms with van der Waals surface area (Å²) in [5.41, 5.74) is 2.28. The lowest BCUT2D eigenvalue weighted by Gasteiger charge is -2.21. The lowest BCUT2D eigenvalue weighted by molar-refractivity contribution is -0.143. The highest BCUT2D eigenvalue weighted by Crippen LogP contribution is 2.14. The van der Waals surface area contributed by atoms with E-state index in [1.54, 1.807) is 6.92 Å². The third-order valence-electron chi connectivity index (χ3n) is 7.93. The summed E-state index contributed by atoms with van der Waals surface area (Å²) in [6, 6.07) is 8.31. The number of ether oxygens (including phenoxy) is 2. The molecule has 0 N–H and O–H groups in total. The Labute approximate surface area is 275 Å². The third-order valence-corrected chi connectivity index (χ3v) is 7.93. The van der Waals surface area contributed by atoms with Crippen molar-refractivity contribution in [2.45, 2.75) is 149 Å². The smallest absolute Gasteiger partial charge is 0.306 e. The molecule has 0 spiro atoms. The zero-order valence-electron chi connectivity index (χ0n) is 28.9. The summed E-state index contributed by atoms with van der Waals surface area (Å²) in [6.45, 7) is 8.10. The second-order valence-corrected chi connectivity index (χ2v) is 12.1. The summed E-state index contributed by atoms with van der Waals surface area (Å²) in [6.07, 6.45) is 27.5. The Hall–Kier alpha value is -2.89. The van der Waals surface area contributed by atoms with Gasteiger partial charge in [0.15, 0.2) is 0 Å². The molecule has 45 heavy (non-hydrogen) atoms. The molecule has 6 nitrogen and oxygen atoms in total. The van der Waals surface area contributed by atoms with Crippen molar-refractivity contribution in [3.63, 3.8) is 0 Å². The van der Waals surface area contributed by atoms with Gasteiger partial charge >= 0.3 is 11.9 Å². The van der Waals surface area contributed by atoms with Crippen molar-refractivity contribution in [1.82, 2.24) is 4.90 Å². The van der Waals surface area contributed by atoms with Gasteiger partial charge < -0.3 is 14.4 Å². The number of rotatable bonds is 28. The molecule has 0 unspecified atom stereocenters. The molecule has 0 aliphatic heterocycles. The predicted octanol–water partition coefficient (Wildman–Crippen LogP) is 9.84. The van der Waals surface area contributed by atoms with Gasteiger partial charge in [-0.25, -0.2) is 0 Å². The lowest BCUT2D eigenvalue weighted by Crippen LogP contribution is -2.29. The molecule has 1 aromatic carbocycles. The second-order valence-electron chi connectivity index (χ2n) is 12.1. The molecule has 0 heterocycles. The van der Waals surface area contributed by atoms with Crippen LogP contribution in [0.25, 0.3) is 0 Å². The van der Waals surface area contributed by atoms with Crippen LogP contribution in [0, 0.1) is 0 Å². The highest BCUT2D eigenvalue weighted by atomic mass is 16.5. The molecule has 1 amide bonds. The van der Waals surface area contributed by atoms with Crippen LogP contribution >= 0.6 is 0 Å². The SMILES string of the molecule is CCCCCC/C=C\COC(=O)CCCCCCCN(Cc1cccc(CCCC(=O)OC/C=C\CCCCCC)c1)C(C)=O. The molecule has 1 rings (SSSR count). The van der Waals surface area contributed by atoms with Crippen LogP contribution in [0.5, 0.6) is 0 Å². The van der Waals surface area contributed by atoms with E-state index >= 15 is 0 Å². The van der Waals surface area contributed by atoms with Crippen molar-refractivity contribution in [3.8, 4) is 0 Å². The summed E-state index contributed by atoms with van der Waals surface area (Å²) >= 11 is 0. The van der Waals surface area contributed by atoms with Crippen LogP contribution in [0.15, 0.2) is 48.6 Å². The Morgan fingerprint density at radius 3 is 1.78 bits per heavy atom. The average Bonchev–Trinajstić information content (AvgIpc) is 3.02. The zero-order chi connectivity index (χ0) is 32.8. The van der Waals surface area contributed by atoms with Crippen molar-refractivity contribution in [2.24, 2.45) is 0 Å². The number of hydrogen-bond donors (Lipinski definition) is 0. The first-order valence-electron chi connectivity index (χ1n) is 17.9. The summed E-state index contributed by atoms with van der Waals surface area (Å²) in [7, 11) is 0. The first-order chi connectivity index (χ1) is 22.0. The van der Waals surface area contributed by atoms with Crippen molar-refractivity contribution in [2.75, 3.05) is 19.8 Å². The number of carbonyl (C=O) groups excluding carboxylic acids is 3. The molecule has 0 radical (unpaired) electrons. The van der Waals surface area contributed by atoms with Crippen molar-refractivity contribution in [3.05, 3.63) is 59.7 Å². The lowest BCUT2D eigenvalue weighted by atomic mass is 10.0. The van der Waals surface area contributed by atoms with Crippen LogP contribution in [-0.2, 0) is 36.8 Å². The van der Waals surface area contributed by atoms with Crippen molar-refractivity contribution in [1.29, 1.82) is 0 Å². The summed E-state index contributed by atoms with van der Waals surface area (Å²) in [4.78, 5) is 38.2. The van der Waals surface area contributed by atoms with Gasteiger partial charge in [-0.2, -0.15) is 0 Å². The van der Waals surface area contributed by atoms with Crippen LogP contribution in [-0.4, -0.2) is 42.5 Å². The van der Waals surface area contributed by atoms with E-state index in [-0.39, 0.29) is 17.8 Å². The van der Waals surface area contributed by atoms with Gasteiger partial charge in [-0.05, 0) is 62.5 Å². The van der Waals surface area contributed by atoms with Gasteiger partial charge in [-0.3, -0.25) is 14.4 Å². The van der Waals surface area contributed by atoms with E-state index in [4.69, 9.17) is 9.47 Å². The summed E-state index contributed by atoms with van der Waals surface area (Å²) in [5, 5.41) is 0. The van der Waals surface area contributed by atoms with Gasteiger partial charge in [0.05, 0.1) is 0 Å². The number of aryl methyl sites for hydroxylation is 1. The standard InChI is InChI=1S/C39H63NO5/c1-4-6-8-10-12-17-21-31-44-38(42)28-19-15-14-16-20-30-40(35(3)41)34-37-27-23-25-36(33-37)26-24-29-39(43)45-32-22-18-13-11-9-7-5-2/h17-18,21-23,25,27,33H,4-16,19-20,24,26,28-32,34H2,1-3H3/b21-17-,22-18-. The molecule has 1 aromatic rings. The molecule has 0 aromatic heterocycles. The molecule has 6 heteroatoms. The fourth-order valence-electron chi connectivity index (χ4n) is 5.17. The number of hydrogen-bond acceptors (Lipinski definition) is 5. The highest BCUT2D eigenvalue weighted by Gasteiger charge is 2.10. The summed E-state index contributed by atoms with van der Waals surface area (Å²) < 4.78 is 10.6.